The van der Waals surface area contributed by atoms with Crippen LogP contribution in [-0.2, 0) is 19.1 Å². The summed E-state index contributed by atoms with van der Waals surface area (Å²) in [7, 11) is 0. The van der Waals surface area contributed by atoms with E-state index in [0.29, 0.717) is 12.1 Å². The van der Waals surface area contributed by atoms with E-state index < -0.39 is 17.8 Å². The fourth-order valence-corrected chi connectivity index (χ4v) is 1.73. The molecule has 1 N–H and O–H groups in total. The molecule has 0 bridgehead atoms. The summed E-state index contributed by atoms with van der Waals surface area (Å²) in [6.07, 6.45) is -1.82. The molecule has 1 atom stereocenters. The number of hydrogen-bond donors (Lipinski definition) is 1. The van der Waals surface area contributed by atoms with Gasteiger partial charge >= 0.3 is 6.18 Å². The van der Waals surface area contributed by atoms with Crippen molar-refractivity contribution in [2.75, 3.05) is 0 Å². The van der Waals surface area contributed by atoms with E-state index in [2.05, 4.69) is 10.2 Å². The van der Waals surface area contributed by atoms with Crippen LogP contribution in [0.3, 0.4) is 0 Å². The summed E-state index contributed by atoms with van der Waals surface area (Å²) in [6.45, 7) is 0.300. The topological polar surface area (TPSA) is 50.9 Å². The van der Waals surface area contributed by atoms with Gasteiger partial charge in [-0.2, -0.15) is 13.2 Å². The molecule has 4 nitrogen and oxygen atoms in total. The molecule has 19 heavy (non-hydrogen) atoms. The smallest absolute Gasteiger partial charge is 0.391 e. The Morgan fingerprint density at radius 2 is 1.68 bits per heavy atom. The summed E-state index contributed by atoms with van der Waals surface area (Å²) in [6, 6.07) is 4.78. The fourth-order valence-electron chi connectivity index (χ4n) is 1.73. The first-order chi connectivity index (χ1) is 8.95. The zero-order valence-electron chi connectivity index (χ0n) is 9.88. The average Bonchev–Trinajstić information content (AvgIpc) is 2.81. The molecule has 0 aliphatic rings. The van der Waals surface area contributed by atoms with Gasteiger partial charge in [-0.1, -0.05) is 12.1 Å². The average molecular weight is 271 g/mol. The highest BCUT2D eigenvalue weighted by molar-refractivity contribution is 5.25. The van der Waals surface area contributed by atoms with Crippen molar-refractivity contribution in [1.29, 1.82) is 0 Å². The van der Waals surface area contributed by atoms with Crippen molar-refractivity contribution in [2.24, 2.45) is 0 Å². The van der Waals surface area contributed by atoms with Crippen LogP contribution in [0.1, 0.15) is 11.1 Å². The van der Waals surface area contributed by atoms with Gasteiger partial charge < -0.3 is 9.67 Å². The van der Waals surface area contributed by atoms with Gasteiger partial charge in [0.25, 0.3) is 0 Å². The number of hydrogen-bond acceptors (Lipinski definition) is 3. The second kappa shape index (κ2) is 5.40. The van der Waals surface area contributed by atoms with Crippen molar-refractivity contribution in [2.45, 2.75) is 25.2 Å². The van der Waals surface area contributed by atoms with E-state index in [-0.39, 0.29) is 6.42 Å². The molecule has 0 saturated heterocycles. The van der Waals surface area contributed by atoms with Crippen molar-refractivity contribution < 1.29 is 18.3 Å². The second-order valence-corrected chi connectivity index (χ2v) is 4.21. The molecule has 0 saturated carbocycles. The number of nitrogens with zero attached hydrogens (tertiary/aromatic N) is 3. The molecule has 1 aromatic heterocycles. The van der Waals surface area contributed by atoms with Gasteiger partial charge in [0, 0.05) is 6.42 Å². The first-order valence-corrected chi connectivity index (χ1v) is 5.62. The van der Waals surface area contributed by atoms with Crippen LogP contribution in [0.4, 0.5) is 13.2 Å². The van der Waals surface area contributed by atoms with E-state index in [9.17, 15) is 18.3 Å². The quantitative estimate of drug-likeness (QED) is 0.924. The minimum absolute atomic E-state index is 0.274. The van der Waals surface area contributed by atoms with Crippen LogP contribution in [0.5, 0.6) is 0 Å². The Labute approximate surface area is 107 Å². The van der Waals surface area contributed by atoms with Gasteiger partial charge in [0.1, 0.15) is 12.7 Å². The molecule has 1 heterocycles. The minimum atomic E-state index is -4.33. The number of aliphatic hydroxyl groups excluding tert-OH is 1. The Morgan fingerprint density at radius 1 is 1.11 bits per heavy atom. The molecule has 102 valence electrons. The number of aromatic nitrogens is 3. The van der Waals surface area contributed by atoms with Crippen LogP contribution in [0.2, 0.25) is 0 Å². The van der Waals surface area contributed by atoms with Crippen LogP contribution < -0.4 is 0 Å². The maximum atomic E-state index is 12.4. The van der Waals surface area contributed by atoms with Gasteiger partial charge in [0.15, 0.2) is 0 Å². The third-order valence-corrected chi connectivity index (χ3v) is 2.64. The van der Waals surface area contributed by atoms with Crippen LogP contribution in [0.25, 0.3) is 0 Å². The first-order valence-electron chi connectivity index (χ1n) is 5.62. The van der Waals surface area contributed by atoms with E-state index in [4.69, 9.17) is 0 Å². The molecule has 0 fully saturated rings. The van der Waals surface area contributed by atoms with Crippen molar-refractivity contribution in [1.82, 2.24) is 14.8 Å². The van der Waals surface area contributed by atoms with Crippen molar-refractivity contribution >= 4 is 0 Å². The van der Waals surface area contributed by atoms with Crippen molar-refractivity contribution in [3.63, 3.8) is 0 Å². The van der Waals surface area contributed by atoms with E-state index in [1.54, 1.807) is 4.57 Å². The molecule has 1 aromatic carbocycles. The SMILES string of the molecule is O[C@H](Cc1ccc(C(F)(F)F)cc1)Cn1cnnc1. The van der Waals surface area contributed by atoms with E-state index in [0.717, 1.165) is 12.1 Å². The molecule has 0 spiro atoms. The minimum Gasteiger partial charge on any atom is -0.391 e. The van der Waals surface area contributed by atoms with Gasteiger partial charge in [0.2, 0.25) is 0 Å². The summed E-state index contributed by atoms with van der Waals surface area (Å²) in [5.41, 5.74) is -0.0434. The lowest BCUT2D eigenvalue weighted by molar-refractivity contribution is -0.137. The van der Waals surface area contributed by atoms with E-state index in [1.807, 2.05) is 0 Å². The molecule has 2 aromatic rings. The Balaban J connectivity index is 1.96. The summed E-state index contributed by atoms with van der Waals surface area (Å²) in [4.78, 5) is 0. The lowest BCUT2D eigenvalue weighted by atomic mass is 10.1. The van der Waals surface area contributed by atoms with Crippen LogP contribution in [-0.4, -0.2) is 26.0 Å². The maximum absolute atomic E-state index is 12.4. The summed E-state index contributed by atoms with van der Waals surface area (Å²) in [5, 5.41) is 17.0. The summed E-state index contributed by atoms with van der Waals surface area (Å²) < 4.78 is 38.7. The molecule has 0 amide bonds. The number of alkyl halides is 3. The van der Waals surface area contributed by atoms with Gasteiger partial charge in [-0.05, 0) is 17.7 Å². The predicted molar refractivity (Wildman–Crippen MR) is 61.2 cm³/mol. The molecule has 0 unspecified atom stereocenters. The monoisotopic (exact) mass is 271 g/mol. The Morgan fingerprint density at radius 3 is 2.21 bits per heavy atom. The van der Waals surface area contributed by atoms with Crippen LogP contribution in [0.15, 0.2) is 36.9 Å². The molecule has 0 aliphatic heterocycles. The second-order valence-electron chi connectivity index (χ2n) is 4.21. The molecule has 0 aliphatic carbocycles. The predicted octanol–water partition coefficient (Wildman–Crippen LogP) is 1.90. The van der Waals surface area contributed by atoms with E-state index in [1.165, 1.54) is 24.8 Å². The lowest BCUT2D eigenvalue weighted by Gasteiger charge is -2.12. The normalized spacial score (nSPS) is 13.5. The van der Waals surface area contributed by atoms with Gasteiger partial charge in [-0.25, -0.2) is 0 Å². The van der Waals surface area contributed by atoms with Gasteiger partial charge in [-0.3, -0.25) is 0 Å². The molecule has 2 rings (SSSR count). The van der Waals surface area contributed by atoms with Crippen molar-refractivity contribution in [3.8, 4) is 0 Å². The molecule has 7 heteroatoms. The third-order valence-electron chi connectivity index (χ3n) is 2.64. The highest BCUT2D eigenvalue weighted by atomic mass is 19.4. The summed E-state index contributed by atoms with van der Waals surface area (Å²) in [5.74, 6) is 0. The zero-order valence-corrected chi connectivity index (χ0v) is 9.88. The van der Waals surface area contributed by atoms with Gasteiger partial charge in [-0.15, -0.1) is 10.2 Å². The fraction of sp³-hybridized carbons (Fsp3) is 0.333. The third kappa shape index (κ3) is 3.78. The summed E-state index contributed by atoms with van der Waals surface area (Å²) >= 11 is 0. The standard InChI is InChI=1S/C12H12F3N3O/c13-12(14,15)10-3-1-9(2-4-10)5-11(19)6-18-7-16-17-8-18/h1-4,7-8,11,19H,5-6H2/t11-/m1/s1. The Hall–Kier alpha value is -1.89. The highest BCUT2D eigenvalue weighted by Gasteiger charge is 2.29. The van der Waals surface area contributed by atoms with Crippen molar-refractivity contribution in [3.05, 3.63) is 48.0 Å². The Kier molecular flexibility index (Phi) is 3.84. The number of benzene rings is 1. The van der Waals surface area contributed by atoms with Gasteiger partial charge in [0.05, 0.1) is 18.2 Å². The van der Waals surface area contributed by atoms with Crippen LogP contribution in [0, 0.1) is 0 Å². The number of halogens is 3. The Bertz CT molecular complexity index is 508. The molecular formula is C12H12F3N3O. The lowest BCUT2D eigenvalue weighted by Crippen LogP contribution is -2.17. The molecular weight excluding hydrogens is 259 g/mol. The highest BCUT2D eigenvalue weighted by Crippen LogP contribution is 2.29. The largest absolute Gasteiger partial charge is 0.416 e. The van der Waals surface area contributed by atoms with E-state index >= 15 is 0 Å². The zero-order chi connectivity index (χ0) is 13.9. The number of rotatable bonds is 4. The number of aliphatic hydroxyl groups is 1. The maximum Gasteiger partial charge on any atom is 0.416 e. The van der Waals surface area contributed by atoms with Crippen LogP contribution >= 0.6 is 0 Å². The first kappa shape index (κ1) is 13.5. The molecule has 0 radical (unpaired) electrons.